The summed E-state index contributed by atoms with van der Waals surface area (Å²) >= 11 is 0. The molecule has 3 nitrogen and oxygen atoms in total. The minimum Gasteiger partial charge on any atom is -0.462 e. The minimum atomic E-state index is -0.635. The average molecular weight is 268 g/mol. The van der Waals surface area contributed by atoms with Gasteiger partial charge in [-0.3, -0.25) is 4.79 Å². The van der Waals surface area contributed by atoms with Gasteiger partial charge in [0.1, 0.15) is 6.10 Å². The second kappa shape index (κ2) is 5.43. The largest absolute Gasteiger partial charge is 0.462 e. The molecule has 2 aliphatic carbocycles. The third kappa shape index (κ3) is 2.81. The molecule has 2 fully saturated rings. The van der Waals surface area contributed by atoms with Crippen molar-refractivity contribution in [1.82, 2.24) is 0 Å². The van der Waals surface area contributed by atoms with Gasteiger partial charge in [0, 0.05) is 13.3 Å². The summed E-state index contributed by atoms with van der Waals surface area (Å²) in [5.74, 6) is 1.55. The van der Waals surface area contributed by atoms with Crippen LogP contribution >= 0.6 is 0 Å². The van der Waals surface area contributed by atoms with Crippen molar-refractivity contribution in [3.05, 3.63) is 0 Å². The Labute approximate surface area is 116 Å². The highest BCUT2D eigenvalue weighted by molar-refractivity contribution is 5.66. The van der Waals surface area contributed by atoms with Crippen LogP contribution in [0.2, 0.25) is 0 Å². The molecule has 0 aromatic carbocycles. The quantitative estimate of drug-likeness (QED) is 0.783. The number of fused-ring (bicyclic) bond motifs is 1. The van der Waals surface area contributed by atoms with E-state index in [0.29, 0.717) is 30.1 Å². The summed E-state index contributed by atoms with van der Waals surface area (Å²) in [6.45, 7) is 8.12. The zero-order valence-electron chi connectivity index (χ0n) is 12.7. The van der Waals surface area contributed by atoms with Crippen molar-refractivity contribution < 1.29 is 14.6 Å². The Morgan fingerprint density at radius 2 is 1.95 bits per heavy atom. The monoisotopic (exact) mass is 268 g/mol. The van der Waals surface area contributed by atoms with Crippen LogP contribution in [0.15, 0.2) is 0 Å². The highest BCUT2D eigenvalue weighted by atomic mass is 16.5. The molecule has 2 aliphatic rings. The van der Waals surface area contributed by atoms with Crippen molar-refractivity contribution in [2.75, 3.05) is 0 Å². The van der Waals surface area contributed by atoms with Crippen molar-refractivity contribution in [3.63, 3.8) is 0 Å². The molecule has 1 N–H and O–H groups in total. The van der Waals surface area contributed by atoms with Crippen molar-refractivity contribution in [2.45, 2.75) is 71.5 Å². The van der Waals surface area contributed by atoms with Crippen LogP contribution in [0.3, 0.4) is 0 Å². The van der Waals surface area contributed by atoms with Crippen LogP contribution in [0.4, 0.5) is 0 Å². The maximum atomic E-state index is 11.3. The highest BCUT2D eigenvalue weighted by Gasteiger charge is 2.53. The fraction of sp³-hybridized carbons (Fsp3) is 0.938. The molecule has 0 radical (unpaired) electrons. The molecule has 0 saturated heterocycles. The predicted octanol–water partition coefficient (Wildman–Crippen LogP) is 3.15. The Bertz CT molecular complexity index is 335. The average Bonchev–Trinajstić information content (AvgIpc) is 2.26. The molecule has 0 amide bonds. The number of esters is 1. The van der Waals surface area contributed by atoms with E-state index < -0.39 is 5.60 Å². The minimum absolute atomic E-state index is 0.0923. The van der Waals surface area contributed by atoms with Crippen LogP contribution < -0.4 is 0 Å². The van der Waals surface area contributed by atoms with Crippen LogP contribution in [-0.2, 0) is 9.53 Å². The van der Waals surface area contributed by atoms with E-state index in [-0.39, 0.29) is 12.1 Å². The van der Waals surface area contributed by atoms with E-state index in [0.717, 1.165) is 19.3 Å². The summed E-state index contributed by atoms with van der Waals surface area (Å²) in [5, 5.41) is 11.3. The molecule has 0 unspecified atom stereocenters. The van der Waals surface area contributed by atoms with Gasteiger partial charge < -0.3 is 9.84 Å². The Hall–Kier alpha value is -0.570. The lowest BCUT2D eigenvalue weighted by Crippen LogP contribution is -2.57. The Kier molecular flexibility index (Phi) is 4.24. The molecule has 3 heteroatoms. The van der Waals surface area contributed by atoms with Crippen molar-refractivity contribution in [2.24, 2.45) is 23.7 Å². The van der Waals surface area contributed by atoms with Gasteiger partial charge in [0.25, 0.3) is 0 Å². The third-order valence-electron chi connectivity index (χ3n) is 5.40. The van der Waals surface area contributed by atoms with Gasteiger partial charge in [0.05, 0.1) is 5.60 Å². The summed E-state index contributed by atoms with van der Waals surface area (Å²) in [6.07, 6.45) is 4.74. The molecule has 0 spiro atoms. The van der Waals surface area contributed by atoms with E-state index in [2.05, 4.69) is 20.8 Å². The molecular formula is C16H28O3. The second-order valence-corrected chi connectivity index (χ2v) is 7.02. The second-order valence-electron chi connectivity index (χ2n) is 7.02. The summed E-state index contributed by atoms with van der Waals surface area (Å²) in [5.41, 5.74) is -0.635. The topological polar surface area (TPSA) is 46.5 Å². The van der Waals surface area contributed by atoms with Gasteiger partial charge >= 0.3 is 5.97 Å². The molecule has 19 heavy (non-hydrogen) atoms. The van der Waals surface area contributed by atoms with Crippen molar-refractivity contribution in [3.8, 4) is 0 Å². The van der Waals surface area contributed by atoms with Gasteiger partial charge in [-0.15, -0.1) is 0 Å². The maximum absolute atomic E-state index is 11.3. The zero-order valence-corrected chi connectivity index (χ0v) is 12.7. The standard InChI is InChI=1S/C16H28O3/c1-10(2)14-7-5-11(3)15-8-6-13(19-12(4)17)9-16(14,15)18/h10-11,13-15,18H,5-9H2,1-4H3/t11-,13+,14+,15+,16+/m1/s1. The first-order valence-electron chi connectivity index (χ1n) is 7.74. The van der Waals surface area contributed by atoms with Gasteiger partial charge in [-0.1, -0.05) is 20.8 Å². The molecule has 2 saturated carbocycles. The molecule has 0 bridgehead atoms. The molecule has 0 heterocycles. The number of aliphatic hydroxyl groups is 1. The Balaban J connectivity index is 2.18. The smallest absolute Gasteiger partial charge is 0.302 e. The summed E-state index contributed by atoms with van der Waals surface area (Å²) in [6, 6.07) is 0. The van der Waals surface area contributed by atoms with Crippen molar-refractivity contribution >= 4 is 5.97 Å². The van der Waals surface area contributed by atoms with Gasteiger partial charge in [-0.05, 0) is 49.4 Å². The SMILES string of the molecule is CC(=O)O[C@H]1CC[C@H]2[C@H](C)CC[C@@H](C(C)C)[C@@]2(O)C1. The van der Waals surface area contributed by atoms with E-state index in [1.165, 1.54) is 13.3 Å². The fourth-order valence-corrected chi connectivity index (χ4v) is 4.58. The van der Waals surface area contributed by atoms with Gasteiger partial charge in [-0.25, -0.2) is 0 Å². The molecule has 5 atom stereocenters. The van der Waals surface area contributed by atoms with Crippen LogP contribution in [0.1, 0.15) is 59.8 Å². The molecule has 110 valence electrons. The van der Waals surface area contributed by atoms with E-state index in [1.807, 2.05) is 0 Å². The maximum Gasteiger partial charge on any atom is 0.302 e. The number of carbonyl (C=O) groups is 1. The van der Waals surface area contributed by atoms with E-state index in [4.69, 9.17) is 4.74 Å². The lowest BCUT2D eigenvalue weighted by atomic mass is 9.55. The number of rotatable bonds is 2. The summed E-state index contributed by atoms with van der Waals surface area (Å²) < 4.78 is 5.37. The van der Waals surface area contributed by atoms with Crippen LogP contribution in [0, 0.1) is 23.7 Å². The molecule has 0 aliphatic heterocycles. The molecule has 0 aromatic heterocycles. The lowest BCUT2D eigenvalue weighted by Gasteiger charge is -2.54. The zero-order chi connectivity index (χ0) is 14.2. The van der Waals surface area contributed by atoms with E-state index in [1.54, 1.807) is 0 Å². The normalized spacial score (nSPS) is 42.8. The third-order valence-corrected chi connectivity index (χ3v) is 5.40. The predicted molar refractivity (Wildman–Crippen MR) is 74.6 cm³/mol. The summed E-state index contributed by atoms with van der Waals surface area (Å²) in [7, 11) is 0. The van der Waals surface area contributed by atoms with E-state index >= 15 is 0 Å². The fourth-order valence-electron chi connectivity index (χ4n) is 4.58. The first-order valence-corrected chi connectivity index (χ1v) is 7.74. The molecule has 0 aromatic rings. The highest BCUT2D eigenvalue weighted by Crippen LogP contribution is 2.52. The van der Waals surface area contributed by atoms with E-state index in [9.17, 15) is 9.90 Å². The van der Waals surface area contributed by atoms with Gasteiger partial charge in [0.15, 0.2) is 0 Å². The van der Waals surface area contributed by atoms with Crippen LogP contribution in [0.25, 0.3) is 0 Å². The first-order chi connectivity index (χ1) is 8.84. The molecule has 2 rings (SSSR count). The van der Waals surface area contributed by atoms with Crippen LogP contribution in [0.5, 0.6) is 0 Å². The van der Waals surface area contributed by atoms with Crippen molar-refractivity contribution in [1.29, 1.82) is 0 Å². The lowest BCUT2D eigenvalue weighted by molar-refractivity contribution is -0.184. The summed E-state index contributed by atoms with van der Waals surface area (Å²) in [4.78, 5) is 11.2. The number of hydrogen-bond acceptors (Lipinski definition) is 3. The van der Waals surface area contributed by atoms with Gasteiger partial charge in [-0.2, -0.15) is 0 Å². The number of hydrogen-bond donors (Lipinski definition) is 1. The molecular weight excluding hydrogens is 240 g/mol. The number of ether oxygens (including phenoxy) is 1. The van der Waals surface area contributed by atoms with Crippen LogP contribution in [-0.4, -0.2) is 22.8 Å². The Morgan fingerprint density at radius 3 is 2.53 bits per heavy atom. The number of carbonyl (C=O) groups excluding carboxylic acids is 1. The van der Waals surface area contributed by atoms with Gasteiger partial charge in [0.2, 0.25) is 0 Å². The first kappa shape index (κ1) is 14.8. The Morgan fingerprint density at radius 1 is 1.26 bits per heavy atom.